The van der Waals surface area contributed by atoms with Crippen molar-refractivity contribution in [2.45, 2.75) is 18.7 Å². The van der Waals surface area contributed by atoms with Crippen LogP contribution < -0.4 is 5.32 Å². The third kappa shape index (κ3) is 4.11. The Balaban J connectivity index is 1.93. The second-order valence-corrected chi connectivity index (χ2v) is 5.73. The fourth-order valence-electron chi connectivity index (χ4n) is 1.72. The molecule has 0 radical (unpaired) electrons. The van der Waals surface area contributed by atoms with Gasteiger partial charge in [-0.3, -0.25) is 0 Å². The van der Waals surface area contributed by atoms with Crippen LogP contribution >= 0.6 is 11.8 Å². The van der Waals surface area contributed by atoms with E-state index in [9.17, 15) is 4.39 Å². The van der Waals surface area contributed by atoms with E-state index in [1.165, 1.54) is 12.1 Å². The van der Waals surface area contributed by atoms with Gasteiger partial charge in [-0.25, -0.2) is 4.39 Å². The summed E-state index contributed by atoms with van der Waals surface area (Å²) in [5.74, 6) is 1.44. The van der Waals surface area contributed by atoms with E-state index in [2.05, 4.69) is 18.5 Å². The molecule has 0 spiro atoms. The number of furan rings is 1. The monoisotopic (exact) mass is 279 g/mol. The molecule has 0 aliphatic heterocycles. The summed E-state index contributed by atoms with van der Waals surface area (Å²) in [4.78, 5) is 0. The van der Waals surface area contributed by atoms with Crippen LogP contribution in [0.3, 0.4) is 0 Å². The van der Waals surface area contributed by atoms with E-state index < -0.39 is 0 Å². The van der Waals surface area contributed by atoms with Gasteiger partial charge in [-0.05, 0) is 42.7 Å². The molecule has 1 unspecified atom stereocenters. The molecule has 0 aliphatic rings. The molecular weight excluding hydrogens is 261 g/mol. The van der Waals surface area contributed by atoms with Gasteiger partial charge in [0.25, 0.3) is 0 Å². The van der Waals surface area contributed by atoms with Crippen molar-refractivity contribution in [2.24, 2.45) is 0 Å². The molecule has 1 heterocycles. The molecule has 2 nitrogen and oxygen atoms in total. The second kappa shape index (κ2) is 6.78. The lowest BCUT2D eigenvalue weighted by Crippen LogP contribution is -2.21. The average molecular weight is 279 g/mol. The van der Waals surface area contributed by atoms with Gasteiger partial charge in [0.05, 0.1) is 6.54 Å². The van der Waals surface area contributed by atoms with Crippen LogP contribution in [-0.4, -0.2) is 18.1 Å². The topological polar surface area (TPSA) is 25.2 Å². The number of benzene rings is 1. The first-order valence-corrected chi connectivity index (χ1v) is 7.56. The van der Waals surface area contributed by atoms with Crippen LogP contribution in [0.15, 0.2) is 40.8 Å². The summed E-state index contributed by atoms with van der Waals surface area (Å²) in [5.41, 5.74) is 0.894. The maximum absolute atomic E-state index is 12.8. The summed E-state index contributed by atoms with van der Waals surface area (Å²) in [6, 6.07) is 10.2. The Hall–Kier alpha value is -1.26. The zero-order valence-corrected chi connectivity index (χ0v) is 12.0. The van der Waals surface area contributed by atoms with Crippen molar-refractivity contribution >= 4 is 11.8 Å². The molecule has 0 saturated carbocycles. The minimum Gasteiger partial charge on any atom is -0.460 e. The standard InChI is InChI=1S/C15H18FNOS/c1-11(19-2)9-17-10-14-7-8-15(18-14)12-3-5-13(16)6-4-12/h3-8,11,17H,9-10H2,1-2H3. The molecule has 1 aromatic heterocycles. The van der Waals surface area contributed by atoms with Gasteiger partial charge in [0, 0.05) is 17.4 Å². The Morgan fingerprint density at radius 1 is 1.21 bits per heavy atom. The summed E-state index contributed by atoms with van der Waals surface area (Å²) in [6.45, 7) is 3.85. The summed E-state index contributed by atoms with van der Waals surface area (Å²) >= 11 is 1.83. The molecule has 19 heavy (non-hydrogen) atoms. The first kappa shape index (κ1) is 14.2. The van der Waals surface area contributed by atoms with Gasteiger partial charge in [0.1, 0.15) is 17.3 Å². The van der Waals surface area contributed by atoms with Gasteiger partial charge in [-0.15, -0.1) is 0 Å². The minimum atomic E-state index is -0.233. The van der Waals surface area contributed by atoms with Crippen molar-refractivity contribution in [3.63, 3.8) is 0 Å². The van der Waals surface area contributed by atoms with E-state index in [1.54, 1.807) is 12.1 Å². The van der Waals surface area contributed by atoms with E-state index in [4.69, 9.17) is 4.42 Å². The number of halogens is 1. The van der Waals surface area contributed by atoms with Gasteiger partial charge in [-0.2, -0.15) is 11.8 Å². The van der Waals surface area contributed by atoms with Gasteiger partial charge in [0.2, 0.25) is 0 Å². The predicted octanol–water partition coefficient (Wildman–Crippen LogP) is 3.93. The van der Waals surface area contributed by atoms with Crippen molar-refractivity contribution in [1.82, 2.24) is 5.32 Å². The van der Waals surface area contributed by atoms with Crippen LogP contribution in [0.4, 0.5) is 4.39 Å². The third-order valence-electron chi connectivity index (χ3n) is 2.92. The van der Waals surface area contributed by atoms with Crippen LogP contribution in [0.1, 0.15) is 12.7 Å². The Morgan fingerprint density at radius 3 is 2.63 bits per heavy atom. The fraction of sp³-hybridized carbons (Fsp3) is 0.333. The Kier molecular flexibility index (Phi) is 5.05. The molecule has 4 heteroatoms. The fourth-order valence-corrected chi connectivity index (χ4v) is 2.01. The average Bonchev–Trinajstić information content (AvgIpc) is 2.88. The minimum absolute atomic E-state index is 0.233. The number of hydrogen-bond acceptors (Lipinski definition) is 3. The van der Waals surface area contributed by atoms with E-state index >= 15 is 0 Å². The predicted molar refractivity (Wildman–Crippen MR) is 78.8 cm³/mol. The van der Waals surface area contributed by atoms with Crippen LogP contribution in [0.25, 0.3) is 11.3 Å². The van der Waals surface area contributed by atoms with Crippen molar-refractivity contribution in [2.75, 3.05) is 12.8 Å². The SMILES string of the molecule is CSC(C)CNCc1ccc(-c2ccc(F)cc2)o1. The highest BCUT2D eigenvalue weighted by Gasteiger charge is 2.05. The first-order valence-electron chi connectivity index (χ1n) is 6.27. The van der Waals surface area contributed by atoms with Crippen LogP contribution in [0.5, 0.6) is 0 Å². The highest BCUT2D eigenvalue weighted by molar-refractivity contribution is 7.99. The molecule has 0 saturated heterocycles. The number of thioether (sulfide) groups is 1. The van der Waals surface area contributed by atoms with Gasteiger partial charge in [0.15, 0.2) is 0 Å². The van der Waals surface area contributed by atoms with E-state index in [0.717, 1.165) is 23.6 Å². The molecule has 2 rings (SSSR count). The third-order valence-corrected chi connectivity index (χ3v) is 3.90. The molecular formula is C15H18FNOS. The quantitative estimate of drug-likeness (QED) is 0.867. The molecule has 0 aliphatic carbocycles. The lowest BCUT2D eigenvalue weighted by Gasteiger charge is -2.08. The van der Waals surface area contributed by atoms with E-state index in [-0.39, 0.29) is 5.82 Å². The molecule has 0 fully saturated rings. The Morgan fingerprint density at radius 2 is 1.95 bits per heavy atom. The molecule has 1 atom stereocenters. The maximum atomic E-state index is 12.8. The zero-order chi connectivity index (χ0) is 13.7. The van der Waals surface area contributed by atoms with Crippen molar-refractivity contribution in [1.29, 1.82) is 0 Å². The van der Waals surface area contributed by atoms with E-state index in [0.29, 0.717) is 11.8 Å². The van der Waals surface area contributed by atoms with Crippen LogP contribution in [-0.2, 0) is 6.54 Å². The van der Waals surface area contributed by atoms with Gasteiger partial charge < -0.3 is 9.73 Å². The van der Waals surface area contributed by atoms with E-state index in [1.807, 2.05) is 23.9 Å². The lowest BCUT2D eigenvalue weighted by molar-refractivity contribution is 0.494. The summed E-state index contributed by atoms with van der Waals surface area (Å²) in [6.07, 6.45) is 2.10. The zero-order valence-electron chi connectivity index (χ0n) is 11.2. The number of nitrogens with one attached hydrogen (secondary N) is 1. The summed E-state index contributed by atoms with van der Waals surface area (Å²) < 4.78 is 18.6. The normalized spacial score (nSPS) is 12.6. The molecule has 1 aromatic carbocycles. The molecule has 0 amide bonds. The highest BCUT2D eigenvalue weighted by atomic mass is 32.2. The van der Waals surface area contributed by atoms with Crippen molar-refractivity contribution in [3.8, 4) is 11.3 Å². The lowest BCUT2D eigenvalue weighted by atomic mass is 10.2. The molecule has 0 bridgehead atoms. The second-order valence-electron chi connectivity index (χ2n) is 4.45. The van der Waals surface area contributed by atoms with Crippen LogP contribution in [0, 0.1) is 5.82 Å². The molecule has 1 N–H and O–H groups in total. The van der Waals surface area contributed by atoms with Crippen molar-refractivity contribution < 1.29 is 8.81 Å². The van der Waals surface area contributed by atoms with Crippen molar-refractivity contribution in [3.05, 3.63) is 48.0 Å². The molecule has 102 valence electrons. The highest BCUT2D eigenvalue weighted by Crippen LogP contribution is 2.22. The maximum Gasteiger partial charge on any atom is 0.134 e. The smallest absolute Gasteiger partial charge is 0.134 e. The summed E-state index contributed by atoms with van der Waals surface area (Å²) in [7, 11) is 0. The summed E-state index contributed by atoms with van der Waals surface area (Å²) in [5, 5.41) is 3.94. The number of hydrogen-bond donors (Lipinski definition) is 1. The Labute approximate surface area is 117 Å². The molecule has 2 aromatic rings. The largest absolute Gasteiger partial charge is 0.460 e. The van der Waals surface area contributed by atoms with Gasteiger partial charge in [-0.1, -0.05) is 6.92 Å². The Bertz CT molecular complexity index is 509. The number of rotatable bonds is 6. The van der Waals surface area contributed by atoms with Crippen LogP contribution in [0.2, 0.25) is 0 Å². The van der Waals surface area contributed by atoms with Gasteiger partial charge >= 0.3 is 0 Å². The first-order chi connectivity index (χ1) is 9.19.